The molecular formula is C27H24F8N2O2. The van der Waals surface area contributed by atoms with Crippen molar-refractivity contribution in [2.45, 2.75) is 43.8 Å². The summed E-state index contributed by atoms with van der Waals surface area (Å²) in [7, 11) is 0. The Kier molecular flexibility index (Phi) is 8.30. The van der Waals surface area contributed by atoms with Gasteiger partial charge < -0.3 is 15.7 Å². The molecule has 0 aliphatic heterocycles. The van der Waals surface area contributed by atoms with Gasteiger partial charge in [-0.1, -0.05) is 42.5 Å². The molecule has 3 rings (SSSR count). The number of benzene rings is 3. The summed E-state index contributed by atoms with van der Waals surface area (Å²) in [6, 6.07) is 11.3. The number of rotatable bonds is 7. The maximum absolute atomic E-state index is 14.9. The van der Waals surface area contributed by atoms with Crippen molar-refractivity contribution in [3.8, 4) is 0 Å². The van der Waals surface area contributed by atoms with Crippen LogP contribution in [0.3, 0.4) is 0 Å². The van der Waals surface area contributed by atoms with E-state index in [0.29, 0.717) is 17.7 Å². The molecule has 0 saturated heterocycles. The summed E-state index contributed by atoms with van der Waals surface area (Å²) in [5, 5.41) is 14.4. The first-order valence-electron chi connectivity index (χ1n) is 11.5. The highest BCUT2D eigenvalue weighted by Crippen LogP contribution is 2.40. The largest absolute Gasteiger partial charge is 0.419 e. The molecule has 0 spiro atoms. The topological polar surface area (TPSA) is 61.4 Å². The first-order valence-corrected chi connectivity index (χ1v) is 11.5. The highest BCUT2D eigenvalue weighted by molar-refractivity contribution is 5.76. The van der Waals surface area contributed by atoms with Crippen LogP contribution in [0.15, 0.2) is 66.7 Å². The van der Waals surface area contributed by atoms with Gasteiger partial charge in [0.15, 0.2) is 0 Å². The summed E-state index contributed by atoms with van der Waals surface area (Å²) in [6.45, 7) is 0.858. The number of alkyl halides is 6. The summed E-state index contributed by atoms with van der Waals surface area (Å²) >= 11 is 0. The van der Waals surface area contributed by atoms with E-state index in [2.05, 4.69) is 5.32 Å². The predicted octanol–water partition coefficient (Wildman–Crippen LogP) is 6.56. The molecule has 1 atom stereocenters. The monoisotopic (exact) mass is 560 g/mol. The van der Waals surface area contributed by atoms with Crippen LogP contribution in [0.2, 0.25) is 0 Å². The Hall–Kier alpha value is -3.67. The standard InChI is InChI=1S/C27H24F8N2O2/c1-24(2,39)18-10-19(12-20(28)11-18)25(14-16-6-4-3-5-7-16,37-23(38)36-15-26(30,31)32)17-8-9-22(29)21(13-17)27(33,34)35/h3-13,39H,14-15H2,1-2H3,(H2,36,37,38). The highest BCUT2D eigenvalue weighted by Gasteiger charge is 2.42. The van der Waals surface area contributed by atoms with E-state index in [0.717, 1.165) is 18.2 Å². The van der Waals surface area contributed by atoms with Gasteiger partial charge in [0.25, 0.3) is 0 Å². The average molecular weight is 560 g/mol. The fourth-order valence-electron chi connectivity index (χ4n) is 4.08. The lowest BCUT2D eigenvalue weighted by Gasteiger charge is -2.37. The Morgan fingerprint density at radius 3 is 2.00 bits per heavy atom. The molecule has 4 nitrogen and oxygen atoms in total. The third kappa shape index (κ3) is 7.47. The van der Waals surface area contributed by atoms with Gasteiger partial charge in [0.2, 0.25) is 0 Å². The van der Waals surface area contributed by atoms with E-state index in [1.807, 2.05) is 0 Å². The van der Waals surface area contributed by atoms with Crippen molar-refractivity contribution in [3.05, 3.63) is 106 Å². The molecule has 0 aliphatic carbocycles. The number of amides is 2. The Morgan fingerprint density at radius 2 is 1.44 bits per heavy atom. The molecule has 12 heteroatoms. The zero-order valence-electron chi connectivity index (χ0n) is 20.6. The molecule has 0 aromatic heterocycles. The predicted molar refractivity (Wildman–Crippen MR) is 127 cm³/mol. The van der Waals surface area contributed by atoms with Crippen LogP contribution in [0.25, 0.3) is 0 Å². The molecule has 210 valence electrons. The lowest BCUT2D eigenvalue weighted by Crippen LogP contribution is -2.53. The van der Waals surface area contributed by atoms with Gasteiger partial charge in [-0.05, 0) is 60.4 Å². The van der Waals surface area contributed by atoms with E-state index < -0.39 is 58.8 Å². The summed E-state index contributed by atoms with van der Waals surface area (Å²) in [6.07, 6.45) is -10.4. The molecule has 1 unspecified atom stereocenters. The molecule has 0 fully saturated rings. The average Bonchev–Trinajstić information content (AvgIpc) is 2.81. The van der Waals surface area contributed by atoms with Crippen LogP contribution in [0, 0.1) is 11.6 Å². The van der Waals surface area contributed by atoms with Crippen LogP contribution < -0.4 is 10.6 Å². The molecule has 3 N–H and O–H groups in total. The molecular weight excluding hydrogens is 536 g/mol. The van der Waals surface area contributed by atoms with Crippen LogP contribution in [-0.4, -0.2) is 23.9 Å². The summed E-state index contributed by atoms with van der Waals surface area (Å²) < 4.78 is 109. The van der Waals surface area contributed by atoms with Crippen LogP contribution >= 0.6 is 0 Å². The van der Waals surface area contributed by atoms with Gasteiger partial charge in [0.1, 0.15) is 18.2 Å². The number of urea groups is 1. The fraction of sp³-hybridized carbons (Fsp3) is 0.296. The molecule has 2 amide bonds. The lowest BCUT2D eigenvalue weighted by molar-refractivity contribution is -0.140. The van der Waals surface area contributed by atoms with E-state index >= 15 is 0 Å². The lowest BCUT2D eigenvalue weighted by atomic mass is 9.76. The van der Waals surface area contributed by atoms with Gasteiger partial charge >= 0.3 is 18.4 Å². The van der Waals surface area contributed by atoms with E-state index in [9.17, 15) is 45.0 Å². The number of nitrogens with one attached hydrogen (secondary N) is 2. The van der Waals surface area contributed by atoms with E-state index in [1.165, 1.54) is 32.0 Å². The maximum atomic E-state index is 14.9. The van der Waals surface area contributed by atoms with Crippen molar-refractivity contribution in [1.82, 2.24) is 10.6 Å². The molecule has 39 heavy (non-hydrogen) atoms. The van der Waals surface area contributed by atoms with Crippen LogP contribution in [0.1, 0.15) is 41.7 Å². The molecule has 0 aliphatic rings. The van der Waals surface area contributed by atoms with Gasteiger partial charge in [0, 0.05) is 6.42 Å². The Balaban J connectivity index is 2.36. The Bertz CT molecular complexity index is 1320. The fourth-order valence-corrected chi connectivity index (χ4v) is 4.08. The highest BCUT2D eigenvalue weighted by atomic mass is 19.4. The summed E-state index contributed by atoms with van der Waals surface area (Å²) in [5.41, 5.74) is -5.76. The number of carbonyl (C=O) groups is 1. The summed E-state index contributed by atoms with van der Waals surface area (Å²) in [5.74, 6) is -2.57. The second-order valence-corrected chi connectivity index (χ2v) is 9.47. The molecule has 0 bridgehead atoms. The summed E-state index contributed by atoms with van der Waals surface area (Å²) in [4.78, 5) is 12.8. The van der Waals surface area contributed by atoms with Crippen molar-refractivity contribution in [1.29, 1.82) is 0 Å². The quantitative estimate of drug-likeness (QED) is 0.287. The minimum atomic E-state index is -5.17. The van der Waals surface area contributed by atoms with Crippen molar-refractivity contribution >= 4 is 6.03 Å². The van der Waals surface area contributed by atoms with Crippen molar-refractivity contribution < 1.29 is 45.0 Å². The molecule has 3 aromatic carbocycles. The van der Waals surface area contributed by atoms with Crippen LogP contribution in [0.5, 0.6) is 0 Å². The first kappa shape index (κ1) is 29.9. The molecule has 0 saturated carbocycles. The van der Waals surface area contributed by atoms with Crippen LogP contribution in [0.4, 0.5) is 39.9 Å². The normalized spacial score (nSPS) is 14.0. The third-order valence-corrected chi connectivity index (χ3v) is 5.95. The Morgan fingerprint density at radius 1 is 0.821 bits per heavy atom. The van der Waals surface area contributed by atoms with Gasteiger partial charge in [-0.25, -0.2) is 13.6 Å². The molecule has 3 aromatic rings. The second-order valence-electron chi connectivity index (χ2n) is 9.47. The van der Waals surface area contributed by atoms with Crippen molar-refractivity contribution in [2.75, 3.05) is 6.54 Å². The third-order valence-electron chi connectivity index (χ3n) is 5.95. The van der Waals surface area contributed by atoms with Crippen molar-refractivity contribution in [3.63, 3.8) is 0 Å². The Labute approximate surface area is 218 Å². The SMILES string of the molecule is CC(C)(O)c1cc(F)cc(C(Cc2ccccc2)(NC(=O)NCC(F)(F)F)c2ccc(F)c(C(F)(F)F)c2)c1. The van der Waals surface area contributed by atoms with E-state index in [4.69, 9.17) is 0 Å². The number of halogens is 8. The van der Waals surface area contributed by atoms with Crippen molar-refractivity contribution in [2.24, 2.45) is 0 Å². The molecule has 0 heterocycles. The maximum Gasteiger partial charge on any atom is 0.419 e. The van der Waals surface area contributed by atoms with Gasteiger partial charge in [-0.15, -0.1) is 0 Å². The number of hydrogen-bond acceptors (Lipinski definition) is 2. The van der Waals surface area contributed by atoms with Gasteiger partial charge in [-0.3, -0.25) is 0 Å². The first-order chi connectivity index (χ1) is 17.9. The molecule has 0 radical (unpaired) electrons. The number of aliphatic hydroxyl groups is 1. The smallest absolute Gasteiger partial charge is 0.386 e. The van der Waals surface area contributed by atoms with E-state index in [1.54, 1.807) is 23.5 Å². The zero-order chi connectivity index (χ0) is 29.2. The zero-order valence-corrected chi connectivity index (χ0v) is 20.6. The minimum Gasteiger partial charge on any atom is -0.386 e. The van der Waals surface area contributed by atoms with Gasteiger partial charge in [0.05, 0.1) is 16.7 Å². The number of carbonyl (C=O) groups excluding carboxylic acids is 1. The van der Waals surface area contributed by atoms with Gasteiger partial charge in [-0.2, -0.15) is 26.3 Å². The van der Waals surface area contributed by atoms with E-state index in [-0.39, 0.29) is 17.5 Å². The second kappa shape index (κ2) is 10.8. The minimum absolute atomic E-state index is 0.0365. The number of hydrogen-bond donors (Lipinski definition) is 3. The van der Waals surface area contributed by atoms with Crippen LogP contribution in [-0.2, 0) is 23.7 Å².